The zero-order valence-electron chi connectivity index (χ0n) is 19.4. The molecule has 0 saturated heterocycles. The highest BCUT2D eigenvalue weighted by atomic mass is 16.7. The summed E-state index contributed by atoms with van der Waals surface area (Å²) in [5.74, 6) is 4.12. The predicted octanol–water partition coefficient (Wildman–Crippen LogP) is 0.469. The summed E-state index contributed by atoms with van der Waals surface area (Å²) in [6, 6.07) is 11.5. The lowest BCUT2D eigenvalue weighted by Gasteiger charge is -2.27. The normalized spacial score (nSPS) is 12.5. The molecule has 13 nitrogen and oxygen atoms in total. The number of hydrazine groups is 1. The average molecular weight is 492 g/mol. The number of rotatable bonds is 14. The van der Waals surface area contributed by atoms with E-state index in [-0.39, 0.29) is 37.6 Å². The maximum atomic E-state index is 12.8. The number of quaternary nitrogens is 1. The highest BCUT2D eigenvalue weighted by molar-refractivity contribution is 5.94. The fourth-order valence-electron chi connectivity index (χ4n) is 3.33. The van der Waals surface area contributed by atoms with Crippen molar-refractivity contribution in [1.29, 1.82) is 0 Å². The molecule has 2 amide bonds. The highest BCUT2D eigenvalue weighted by Gasteiger charge is 2.27. The van der Waals surface area contributed by atoms with Crippen LogP contribution in [0.3, 0.4) is 0 Å². The molecule has 0 spiro atoms. The van der Waals surface area contributed by atoms with Crippen LogP contribution in [0, 0.1) is 16.0 Å². The number of anilines is 1. The molecule has 13 heteroatoms. The van der Waals surface area contributed by atoms with Crippen molar-refractivity contribution < 1.29 is 34.9 Å². The van der Waals surface area contributed by atoms with Crippen LogP contribution in [0.5, 0.6) is 0 Å². The number of nitro benzene ring substituents is 1. The number of carbonyl (C=O) groups is 2. The molecule has 0 aliphatic rings. The van der Waals surface area contributed by atoms with Gasteiger partial charge in [0.1, 0.15) is 12.5 Å². The van der Waals surface area contributed by atoms with Crippen LogP contribution in [0.2, 0.25) is 0 Å². The molecule has 2 atom stereocenters. The standard InChI is InChI=1S/C22H30N6O7/c1-2-34-14-35-13-17(25-21(29)15-7-9-18(10-8-15)28(32)33)11-16(22(30)26-31)12-27(24)20-6-4-3-5-19(20)23/h3-10,16-17,31H,2,11-14,23-24H2,1H3,(H,25,29)(H,26,30)/p+1/t16-,17+/m1/s1. The molecule has 0 aliphatic carbocycles. The summed E-state index contributed by atoms with van der Waals surface area (Å²) in [6.45, 7) is 2.23. The van der Waals surface area contributed by atoms with Crippen molar-refractivity contribution in [2.45, 2.75) is 19.4 Å². The molecule has 0 radical (unpaired) electrons. The van der Waals surface area contributed by atoms with Crippen molar-refractivity contribution in [3.8, 4) is 0 Å². The Morgan fingerprint density at radius 2 is 1.89 bits per heavy atom. The van der Waals surface area contributed by atoms with E-state index in [0.29, 0.717) is 18.0 Å². The van der Waals surface area contributed by atoms with Gasteiger partial charge in [-0.25, -0.2) is 11.3 Å². The van der Waals surface area contributed by atoms with Crippen molar-refractivity contribution in [2.24, 2.45) is 11.8 Å². The highest BCUT2D eigenvalue weighted by Crippen LogP contribution is 2.21. The molecule has 190 valence electrons. The summed E-state index contributed by atoms with van der Waals surface area (Å²) in [5, 5.41) is 24.2. The van der Waals surface area contributed by atoms with Gasteiger partial charge in [0.2, 0.25) is 5.91 Å². The Hall–Kier alpha value is -3.62. The Labute approximate surface area is 202 Å². The van der Waals surface area contributed by atoms with Gasteiger partial charge in [-0.15, -0.1) is 0 Å². The number of nitro groups is 1. The van der Waals surface area contributed by atoms with Gasteiger partial charge >= 0.3 is 0 Å². The van der Waals surface area contributed by atoms with Crippen LogP contribution >= 0.6 is 0 Å². The Bertz CT molecular complexity index is 989. The second-order valence-corrected chi connectivity index (χ2v) is 7.65. The molecule has 0 bridgehead atoms. The number of hydrogen-bond donors (Lipinski definition) is 5. The van der Waals surface area contributed by atoms with Crippen molar-refractivity contribution in [3.05, 3.63) is 64.2 Å². The third kappa shape index (κ3) is 8.59. The maximum Gasteiger partial charge on any atom is 0.269 e. The van der Waals surface area contributed by atoms with Gasteiger partial charge in [-0.2, -0.15) is 0 Å². The number of carbonyl (C=O) groups excluding carboxylic acids is 2. The molecule has 35 heavy (non-hydrogen) atoms. The van der Waals surface area contributed by atoms with E-state index in [4.69, 9.17) is 15.3 Å². The van der Waals surface area contributed by atoms with Gasteiger partial charge in [0.15, 0.2) is 5.69 Å². The largest absolute Gasteiger partial charge is 0.356 e. The van der Waals surface area contributed by atoms with Crippen molar-refractivity contribution in [2.75, 3.05) is 31.6 Å². The zero-order chi connectivity index (χ0) is 25.8. The first-order valence-electron chi connectivity index (χ1n) is 10.8. The van der Waals surface area contributed by atoms with E-state index in [1.165, 1.54) is 29.3 Å². The van der Waals surface area contributed by atoms with Crippen molar-refractivity contribution >= 4 is 28.9 Å². The second-order valence-electron chi connectivity index (χ2n) is 7.65. The monoisotopic (exact) mass is 491 g/mol. The third-order valence-electron chi connectivity index (χ3n) is 5.13. The first-order chi connectivity index (χ1) is 16.8. The third-order valence-corrected chi connectivity index (χ3v) is 5.13. The number of para-hydroxylation sites is 1. The topological polar surface area (TPSA) is 197 Å². The van der Waals surface area contributed by atoms with Crippen LogP contribution in [-0.2, 0) is 14.3 Å². The Morgan fingerprint density at radius 1 is 1.20 bits per heavy atom. The molecule has 0 aliphatic heterocycles. The zero-order valence-corrected chi connectivity index (χ0v) is 19.4. The van der Waals surface area contributed by atoms with E-state index in [2.05, 4.69) is 11.1 Å². The number of hydrogen-bond acceptors (Lipinski definition) is 9. The molecule has 0 saturated carbocycles. The molecule has 0 aromatic heterocycles. The predicted molar refractivity (Wildman–Crippen MR) is 125 cm³/mol. The molecular weight excluding hydrogens is 460 g/mol. The second kappa shape index (κ2) is 13.9. The Morgan fingerprint density at radius 3 is 2.49 bits per heavy atom. The molecule has 2 rings (SSSR count). The van der Waals surface area contributed by atoms with Gasteiger partial charge in [0, 0.05) is 36.9 Å². The quantitative estimate of drug-likeness (QED) is 0.0622. The van der Waals surface area contributed by atoms with Gasteiger partial charge in [-0.05, 0) is 31.5 Å². The van der Waals surface area contributed by atoms with Crippen molar-refractivity contribution in [1.82, 2.24) is 10.8 Å². The molecule has 2 aromatic rings. The number of non-ortho nitro benzene ring substituents is 1. The van der Waals surface area contributed by atoms with Crippen LogP contribution in [0.1, 0.15) is 23.7 Å². The number of ether oxygens (including phenoxy) is 2. The summed E-state index contributed by atoms with van der Waals surface area (Å²) in [7, 11) is 0. The summed E-state index contributed by atoms with van der Waals surface area (Å²) < 4.78 is 10.6. The summed E-state index contributed by atoms with van der Waals surface area (Å²) in [6.07, 6.45) is 0.0598. The van der Waals surface area contributed by atoms with Crippen LogP contribution in [-0.4, -0.2) is 54.5 Å². The number of nitrogens with one attached hydrogen (secondary N) is 2. The minimum Gasteiger partial charge on any atom is -0.356 e. The molecular formula is C22H31N6O7+. The van der Waals surface area contributed by atoms with Gasteiger partial charge in [-0.3, -0.25) is 24.9 Å². The lowest BCUT2D eigenvalue weighted by atomic mass is 9.98. The fourth-order valence-corrected chi connectivity index (χ4v) is 3.33. The lowest BCUT2D eigenvalue weighted by molar-refractivity contribution is -0.384. The minimum absolute atomic E-state index is 0.00439. The average Bonchev–Trinajstić information content (AvgIpc) is 2.85. The van der Waals surface area contributed by atoms with Gasteiger partial charge in [-0.1, -0.05) is 12.1 Å². The molecule has 0 unspecified atom stereocenters. The first-order valence-corrected chi connectivity index (χ1v) is 10.8. The van der Waals surface area contributed by atoms with Gasteiger partial charge < -0.3 is 25.5 Å². The van der Waals surface area contributed by atoms with Crippen molar-refractivity contribution in [3.63, 3.8) is 0 Å². The minimum atomic E-state index is -0.845. The van der Waals surface area contributed by atoms with Gasteiger partial charge in [0.05, 0.1) is 23.5 Å². The summed E-state index contributed by atoms with van der Waals surface area (Å²) >= 11 is 0. The van der Waals surface area contributed by atoms with E-state index < -0.39 is 28.7 Å². The molecule has 0 fully saturated rings. The maximum absolute atomic E-state index is 12.8. The Kier molecular flexibility index (Phi) is 11.0. The number of nitrogens with zero attached hydrogens (tertiary/aromatic N) is 2. The van der Waals surface area contributed by atoms with Crippen LogP contribution in [0.15, 0.2) is 48.5 Å². The fraction of sp³-hybridized carbons (Fsp3) is 0.364. The number of hydroxylamine groups is 1. The van der Waals surface area contributed by atoms with E-state index in [9.17, 15) is 24.9 Å². The number of amides is 2. The van der Waals surface area contributed by atoms with Crippen LogP contribution in [0.4, 0.5) is 17.1 Å². The van der Waals surface area contributed by atoms with Crippen LogP contribution < -0.4 is 27.4 Å². The summed E-state index contributed by atoms with van der Waals surface area (Å²) in [5.41, 5.74) is 6.86. The SMILES string of the molecule is CCOCOC[C@H](C[C@H](CN(N)c1ccccc1[NH3+])C(=O)NO)NC(=O)c1ccc([N+](=O)[O-])cc1. The number of nitrogens with two attached hydrogens (primary N) is 1. The van der Waals surface area contributed by atoms with E-state index in [1.54, 1.807) is 36.7 Å². The molecule has 8 N–H and O–H groups in total. The van der Waals surface area contributed by atoms with Gasteiger partial charge in [0.25, 0.3) is 11.6 Å². The first kappa shape index (κ1) is 27.6. The Balaban J connectivity index is 2.17. The lowest BCUT2D eigenvalue weighted by Crippen LogP contribution is -2.48. The summed E-state index contributed by atoms with van der Waals surface area (Å²) in [4.78, 5) is 35.5. The van der Waals surface area contributed by atoms with E-state index >= 15 is 0 Å². The van der Waals surface area contributed by atoms with E-state index in [1.807, 2.05) is 0 Å². The number of benzene rings is 2. The molecule has 0 heterocycles. The van der Waals surface area contributed by atoms with Crippen LogP contribution in [0.25, 0.3) is 0 Å². The molecule has 2 aromatic carbocycles. The van der Waals surface area contributed by atoms with E-state index in [0.717, 1.165) is 0 Å². The smallest absolute Gasteiger partial charge is 0.269 e.